The molecule has 3 heterocycles. The third-order valence-electron chi connectivity index (χ3n) is 6.01. The molecule has 0 N–H and O–H groups in total. The molecule has 0 saturated heterocycles. The van der Waals surface area contributed by atoms with Gasteiger partial charge in [-0.05, 0) is 42.7 Å². The van der Waals surface area contributed by atoms with Crippen LogP contribution in [0.2, 0.25) is 0 Å². The lowest BCUT2D eigenvalue weighted by Crippen LogP contribution is -3.00. The average Bonchev–Trinajstić information content (AvgIpc) is 3.38. The fourth-order valence-corrected chi connectivity index (χ4v) is 4.65. The SMILES string of the molecule is CCCC[n+]1cc2c3c(ccc2c2c1-c1cc4c(cc1CC2)OCO4)OCO3.[Cl-]. The minimum absolute atomic E-state index is 0. The third kappa shape index (κ3) is 2.71. The maximum absolute atomic E-state index is 5.82. The monoisotopic (exact) mass is 411 g/mol. The van der Waals surface area contributed by atoms with Gasteiger partial charge in [0.15, 0.2) is 29.2 Å². The van der Waals surface area contributed by atoms with Crippen molar-refractivity contribution in [1.29, 1.82) is 0 Å². The van der Waals surface area contributed by atoms with Crippen LogP contribution >= 0.6 is 0 Å². The highest BCUT2D eigenvalue weighted by Gasteiger charge is 2.32. The number of halogens is 1. The zero-order valence-electron chi connectivity index (χ0n) is 16.3. The number of nitrogens with zero attached hydrogens (tertiary/aromatic N) is 1. The normalized spacial score (nSPS) is 15.1. The third-order valence-corrected chi connectivity index (χ3v) is 6.01. The second-order valence-electron chi connectivity index (χ2n) is 7.63. The summed E-state index contributed by atoms with van der Waals surface area (Å²) in [4.78, 5) is 0. The summed E-state index contributed by atoms with van der Waals surface area (Å²) >= 11 is 0. The molecule has 5 nitrogen and oxygen atoms in total. The van der Waals surface area contributed by atoms with Gasteiger partial charge >= 0.3 is 0 Å². The molecule has 29 heavy (non-hydrogen) atoms. The van der Waals surface area contributed by atoms with Crippen LogP contribution in [-0.2, 0) is 19.4 Å². The number of aryl methyl sites for hydroxylation is 3. The molecule has 3 aromatic rings. The second-order valence-corrected chi connectivity index (χ2v) is 7.63. The minimum Gasteiger partial charge on any atom is -1.00 e. The average molecular weight is 412 g/mol. The second kappa shape index (κ2) is 6.99. The lowest BCUT2D eigenvalue weighted by Gasteiger charge is -2.21. The van der Waals surface area contributed by atoms with E-state index in [9.17, 15) is 0 Å². The molecule has 0 bridgehead atoms. The van der Waals surface area contributed by atoms with Crippen molar-refractivity contribution in [2.45, 2.75) is 39.2 Å². The van der Waals surface area contributed by atoms with Crippen molar-refractivity contribution in [2.24, 2.45) is 0 Å². The van der Waals surface area contributed by atoms with Gasteiger partial charge in [0.05, 0.1) is 10.9 Å². The van der Waals surface area contributed by atoms with Gasteiger partial charge in [-0.25, -0.2) is 0 Å². The molecule has 0 atom stereocenters. The number of aromatic nitrogens is 1. The first-order valence-electron chi connectivity index (χ1n) is 10.0. The Bertz CT molecular complexity index is 1130. The maximum atomic E-state index is 5.82. The summed E-state index contributed by atoms with van der Waals surface area (Å²) in [5, 5.41) is 2.41. The zero-order chi connectivity index (χ0) is 18.7. The number of unbranched alkanes of at least 4 members (excludes halogenated alkanes) is 1. The Hall–Kier alpha value is -2.66. The van der Waals surface area contributed by atoms with Gasteiger partial charge in [-0.15, -0.1) is 0 Å². The van der Waals surface area contributed by atoms with Gasteiger partial charge in [-0.1, -0.05) is 13.3 Å². The van der Waals surface area contributed by atoms with Gasteiger partial charge in [0.1, 0.15) is 6.54 Å². The highest BCUT2D eigenvalue weighted by Crippen LogP contribution is 2.45. The van der Waals surface area contributed by atoms with Crippen molar-refractivity contribution in [1.82, 2.24) is 0 Å². The number of hydrogen-bond donors (Lipinski definition) is 0. The molecule has 1 aromatic heterocycles. The van der Waals surface area contributed by atoms with Crippen LogP contribution in [0.15, 0.2) is 30.5 Å². The molecule has 0 radical (unpaired) electrons. The highest BCUT2D eigenvalue weighted by molar-refractivity contribution is 5.95. The Balaban J connectivity index is 0.00000181. The van der Waals surface area contributed by atoms with E-state index in [1.54, 1.807) is 0 Å². The molecule has 6 heteroatoms. The van der Waals surface area contributed by atoms with E-state index in [1.165, 1.54) is 27.8 Å². The van der Waals surface area contributed by atoms with E-state index in [1.807, 2.05) is 6.07 Å². The van der Waals surface area contributed by atoms with E-state index in [0.29, 0.717) is 13.6 Å². The van der Waals surface area contributed by atoms with Crippen molar-refractivity contribution in [3.63, 3.8) is 0 Å². The van der Waals surface area contributed by atoms with Crippen molar-refractivity contribution in [3.8, 4) is 34.3 Å². The van der Waals surface area contributed by atoms with E-state index in [4.69, 9.17) is 18.9 Å². The summed E-state index contributed by atoms with van der Waals surface area (Å²) < 4.78 is 25.1. The molecule has 0 spiro atoms. The van der Waals surface area contributed by atoms with Crippen molar-refractivity contribution in [2.75, 3.05) is 13.6 Å². The van der Waals surface area contributed by atoms with Crippen LogP contribution in [0.4, 0.5) is 0 Å². The number of hydrogen-bond acceptors (Lipinski definition) is 4. The first kappa shape index (κ1) is 18.4. The summed E-state index contributed by atoms with van der Waals surface area (Å²) in [5.41, 5.74) is 5.29. The van der Waals surface area contributed by atoms with E-state index in [-0.39, 0.29) is 12.4 Å². The Morgan fingerprint density at radius 2 is 1.69 bits per heavy atom. The van der Waals surface area contributed by atoms with Gasteiger partial charge in [0, 0.05) is 17.4 Å². The standard InChI is InChI=1S/C23H22NO4.ClH/c1-2-3-8-24-11-18-15(6-7-19-23(18)28-13-25-19)16-5-4-14-9-20-21(27-12-26-20)10-17(14)22(16)24;/h6-7,9-11H,2-5,8,12-13H2,1H3;1H/q+1;/p-1. The molecule has 2 aromatic carbocycles. The molecule has 2 aliphatic heterocycles. The summed E-state index contributed by atoms with van der Waals surface area (Å²) in [7, 11) is 0. The molecule has 150 valence electrons. The number of benzene rings is 2. The quantitative estimate of drug-likeness (QED) is 0.606. The number of ether oxygens (including phenoxy) is 4. The van der Waals surface area contributed by atoms with Crippen LogP contribution in [0.5, 0.6) is 23.0 Å². The largest absolute Gasteiger partial charge is 1.00 e. The molecule has 0 unspecified atom stereocenters. The van der Waals surface area contributed by atoms with Crippen LogP contribution in [-0.4, -0.2) is 13.6 Å². The van der Waals surface area contributed by atoms with Crippen LogP contribution in [0.1, 0.15) is 30.9 Å². The zero-order valence-corrected chi connectivity index (χ0v) is 17.1. The predicted molar refractivity (Wildman–Crippen MR) is 104 cm³/mol. The fourth-order valence-electron chi connectivity index (χ4n) is 4.65. The molecule has 6 rings (SSSR count). The summed E-state index contributed by atoms with van der Waals surface area (Å²) in [6.45, 7) is 3.82. The van der Waals surface area contributed by atoms with Gasteiger partial charge < -0.3 is 31.4 Å². The molecular formula is C23H22ClNO4. The van der Waals surface area contributed by atoms with Crippen LogP contribution in [0.25, 0.3) is 22.0 Å². The molecule has 0 amide bonds. The van der Waals surface area contributed by atoms with Crippen molar-refractivity contribution >= 4 is 10.8 Å². The van der Waals surface area contributed by atoms with Gasteiger partial charge in [0.2, 0.25) is 19.3 Å². The Labute approximate surface area is 175 Å². The molecular weight excluding hydrogens is 390 g/mol. The summed E-state index contributed by atoms with van der Waals surface area (Å²) in [6.07, 6.45) is 6.54. The Morgan fingerprint density at radius 1 is 0.897 bits per heavy atom. The van der Waals surface area contributed by atoms with Crippen LogP contribution in [0.3, 0.4) is 0 Å². The Kier molecular flexibility index (Phi) is 4.43. The Morgan fingerprint density at radius 3 is 2.55 bits per heavy atom. The molecule has 3 aliphatic rings. The number of rotatable bonds is 3. The topological polar surface area (TPSA) is 40.8 Å². The lowest BCUT2D eigenvalue weighted by atomic mass is 9.85. The lowest BCUT2D eigenvalue weighted by molar-refractivity contribution is -0.685. The van der Waals surface area contributed by atoms with Gasteiger partial charge in [-0.2, -0.15) is 4.57 Å². The van der Waals surface area contributed by atoms with Gasteiger partial charge in [-0.3, -0.25) is 0 Å². The summed E-state index contributed by atoms with van der Waals surface area (Å²) in [5.74, 6) is 3.43. The molecule has 0 saturated carbocycles. The smallest absolute Gasteiger partial charge is 0.231 e. The maximum Gasteiger partial charge on any atom is 0.231 e. The van der Waals surface area contributed by atoms with Crippen LogP contribution < -0.4 is 35.9 Å². The first-order chi connectivity index (χ1) is 13.8. The van der Waals surface area contributed by atoms with Crippen molar-refractivity contribution in [3.05, 3.63) is 41.6 Å². The number of pyridine rings is 1. The number of fused-ring (bicyclic) bond motifs is 8. The molecule has 0 fully saturated rings. The molecule has 1 aliphatic carbocycles. The summed E-state index contributed by atoms with van der Waals surface area (Å²) in [6, 6.07) is 8.55. The minimum atomic E-state index is 0. The van der Waals surface area contributed by atoms with Crippen LogP contribution in [0, 0.1) is 0 Å². The van der Waals surface area contributed by atoms with E-state index in [0.717, 1.165) is 60.6 Å². The van der Waals surface area contributed by atoms with Crippen molar-refractivity contribution < 1.29 is 35.9 Å². The first-order valence-corrected chi connectivity index (χ1v) is 10.0. The highest BCUT2D eigenvalue weighted by atomic mass is 35.5. The van der Waals surface area contributed by atoms with E-state index in [2.05, 4.69) is 35.9 Å². The fraction of sp³-hybridized carbons (Fsp3) is 0.348. The van der Waals surface area contributed by atoms with Gasteiger partial charge in [0.25, 0.3) is 0 Å². The van der Waals surface area contributed by atoms with E-state index < -0.39 is 0 Å². The van der Waals surface area contributed by atoms with E-state index >= 15 is 0 Å². The predicted octanol–water partition coefficient (Wildman–Crippen LogP) is 1.15.